The SMILES string of the molecule is CCCNCc1cc2c(cc1F)N(C)C(C)(C)C[C@H]2C. The van der Waals surface area contributed by atoms with Gasteiger partial charge in [-0.25, -0.2) is 4.39 Å². The van der Waals surface area contributed by atoms with Crippen molar-refractivity contribution in [3.05, 3.63) is 29.1 Å². The number of nitrogens with zero attached hydrogens (tertiary/aromatic N) is 1. The largest absolute Gasteiger partial charge is 0.369 e. The Morgan fingerprint density at radius 1 is 1.40 bits per heavy atom. The molecule has 0 aromatic heterocycles. The van der Waals surface area contributed by atoms with Crippen molar-refractivity contribution in [1.29, 1.82) is 0 Å². The van der Waals surface area contributed by atoms with Crippen LogP contribution in [0.4, 0.5) is 10.1 Å². The van der Waals surface area contributed by atoms with Crippen molar-refractivity contribution < 1.29 is 4.39 Å². The molecule has 0 bridgehead atoms. The van der Waals surface area contributed by atoms with Gasteiger partial charge in [-0.1, -0.05) is 13.8 Å². The van der Waals surface area contributed by atoms with Crippen LogP contribution >= 0.6 is 0 Å². The zero-order chi connectivity index (χ0) is 14.9. The number of fused-ring (bicyclic) bond motifs is 1. The molecule has 0 fully saturated rings. The molecule has 3 heteroatoms. The highest BCUT2D eigenvalue weighted by atomic mass is 19.1. The van der Waals surface area contributed by atoms with Gasteiger partial charge in [0.25, 0.3) is 0 Å². The Labute approximate surface area is 122 Å². The molecule has 0 saturated heterocycles. The molecule has 0 aliphatic carbocycles. The minimum absolute atomic E-state index is 0.0842. The van der Waals surface area contributed by atoms with Crippen LogP contribution in [-0.2, 0) is 6.54 Å². The Morgan fingerprint density at radius 3 is 2.75 bits per heavy atom. The summed E-state index contributed by atoms with van der Waals surface area (Å²) in [6, 6.07) is 3.78. The smallest absolute Gasteiger partial charge is 0.129 e. The highest BCUT2D eigenvalue weighted by Gasteiger charge is 2.34. The first-order chi connectivity index (χ1) is 9.36. The maximum Gasteiger partial charge on any atom is 0.129 e. The Hall–Kier alpha value is -1.09. The first-order valence-electron chi connectivity index (χ1n) is 7.63. The summed E-state index contributed by atoms with van der Waals surface area (Å²) in [6.45, 7) is 10.4. The molecule has 1 atom stereocenters. The van der Waals surface area contributed by atoms with Gasteiger partial charge in [-0.2, -0.15) is 0 Å². The number of hydrogen-bond donors (Lipinski definition) is 1. The first kappa shape index (κ1) is 15.3. The van der Waals surface area contributed by atoms with Gasteiger partial charge >= 0.3 is 0 Å². The van der Waals surface area contributed by atoms with Crippen molar-refractivity contribution in [2.75, 3.05) is 18.5 Å². The lowest BCUT2D eigenvalue weighted by atomic mass is 9.80. The van der Waals surface area contributed by atoms with Gasteiger partial charge < -0.3 is 10.2 Å². The summed E-state index contributed by atoms with van der Waals surface area (Å²) in [4.78, 5) is 2.22. The average molecular weight is 278 g/mol. The minimum Gasteiger partial charge on any atom is -0.369 e. The second kappa shape index (κ2) is 5.72. The van der Waals surface area contributed by atoms with Gasteiger partial charge in [-0.15, -0.1) is 0 Å². The van der Waals surface area contributed by atoms with Crippen LogP contribution in [0.2, 0.25) is 0 Å². The molecule has 112 valence electrons. The van der Waals surface area contributed by atoms with Crippen molar-refractivity contribution in [2.45, 2.75) is 58.5 Å². The van der Waals surface area contributed by atoms with Crippen LogP contribution in [0.5, 0.6) is 0 Å². The first-order valence-corrected chi connectivity index (χ1v) is 7.63. The van der Waals surface area contributed by atoms with E-state index in [1.54, 1.807) is 6.07 Å². The van der Waals surface area contributed by atoms with Crippen molar-refractivity contribution in [3.8, 4) is 0 Å². The van der Waals surface area contributed by atoms with Crippen LogP contribution in [0.3, 0.4) is 0 Å². The van der Waals surface area contributed by atoms with Crippen molar-refractivity contribution in [3.63, 3.8) is 0 Å². The van der Waals surface area contributed by atoms with Crippen LogP contribution in [-0.4, -0.2) is 19.1 Å². The summed E-state index contributed by atoms with van der Waals surface area (Å²) >= 11 is 0. The molecule has 2 nitrogen and oxygen atoms in total. The third kappa shape index (κ3) is 2.83. The predicted octanol–water partition coefficient (Wildman–Crippen LogP) is 4.05. The average Bonchev–Trinajstić information content (AvgIpc) is 2.37. The molecular weight excluding hydrogens is 251 g/mol. The van der Waals surface area contributed by atoms with E-state index in [-0.39, 0.29) is 11.4 Å². The van der Waals surface area contributed by atoms with Crippen LogP contribution in [0.25, 0.3) is 0 Å². The monoisotopic (exact) mass is 278 g/mol. The molecule has 0 saturated carbocycles. The standard InChI is InChI=1S/C17H27FN2/c1-6-7-19-11-13-8-14-12(2)10-17(3,4)20(5)16(14)9-15(13)18/h8-9,12,19H,6-7,10-11H2,1-5H3/t12-/m1/s1. The molecule has 1 heterocycles. The number of benzene rings is 1. The van der Waals surface area contributed by atoms with Crippen LogP contribution in [0, 0.1) is 5.82 Å². The number of nitrogens with one attached hydrogen (secondary N) is 1. The number of anilines is 1. The van der Waals surface area contributed by atoms with Crippen molar-refractivity contribution in [1.82, 2.24) is 5.32 Å². The molecule has 1 aliphatic heterocycles. The minimum atomic E-state index is -0.0934. The van der Waals surface area contributed by atoms with Crippen molar-refractivity contribution in [2.24, 2.45) is 0 Å². The van der Waals surface area contributed by atoms with E-state index in [0.717, 1.165) is 30.6 Å². The van der Waals surface area contributed by atoms with Crippen molar-refractivity contribution >= 4 is 5.69 Å². The van der Waals surface area contributed by atoms with E-state index in [4.69, 9.17) is 0 Å². The lowest BCUT2D eigenvalue weighted by Crippen LogP contribution is -2.45. The Bertz CT molecular complexity index is 482. The molecule has 20 heavy (non-hydrogen) atoms. The van der Waals surface area contributed by atoms with E-state index in [0.29, 0.717) is 12.5 Å². The lowest BCUT2D eigenvalue weighted by Gasteiger charge is -2.45. The molecule has 0 amide bonds. The third-order valence-electron chi connectivity index (χ3n) is 4.54. The zero-order valence-electron chi connectivity index (χ0n) is 13.4. The molecule has 1 N–H and O–H groups in total. The van der Waals surface area contributed by atoms with Crippen LogP contribution in [0.15, 0.2) is 12.1 Å². The van der Waals surface area contributed by atoms with Gasteiger partial charge in [0.1, 0.15) is 5.82 Å². The Balaban J connectivity index is 2.33. The van der Waals surface area contributed by atoms with Gasteiger partial charge in [0.05, 0.1) is 0 Å². The summed E-state index contributed by atoms with van der Waals surface area (Å²) in [5.74, 6) is 0.380. The van der Waals surface area contributed by atoms with E-state index in [2.05, 4.69) is 51.0 Å². The second-order valence-corrected chi connectivity index (χ2v) is 6.66. The fraction of sp³-hybridized carbons (Fsp3) is 0.647. The highest BCUT2D eigenvalue weighted by Crippen LogP contribution is 2.43. The van der Waals surface area contributed by atoms with E-state index in [1.165, 1.54) is 5.56 Å². The highest BCUT2D eigenvalue weighted by molar-refractivity contribution is 5.60. The summed E-state index contributed by atoms with van der Waals surface area (Å²) in [5, 5.41) is 3.29. The van der Waals surface area contributed by atoms with Gasteiger partial charge in [-0.05, 0) is 56.8 Å². The maximum atomic E-state index is 14.3. The molecule has 1 aromatic rings. The second-order valence-electron chi connectivity index (χ2n) is 6.66. The van der Waals surface area contributed by atoms with Gasteiger partial charge in [0.15, 0.2) is 0 Å². The van der Waals surface area contributed by atoms with E-state index in [9.17, 15) is 4.39 Å². The summed E-state index contributed by atoms with van der Waals surface area (Å²) in [7, 11) is 2.07. The number of hydrogen-bond acceptors (Lipinski definition) is 2. The van der Waals surface area contributed by atoms with Gasteiger partial charge in [0, 0.05) is 30.4 Å². The third-order valence-corrected chi connectivity index (χ3v) is 4.54. The summed E-state index contributed by atoms with van der Waals surface area (Å²) in [6.07, 6.45) is 2.17. The van der Waals surface area contributed by atoms with Crippen LogP contribution in [0.1, 0.15) is 57.6 Å². The fourth-order valence-electron chi connectivity index (χ4n) is 3.17. The quantitative estimate of drug-likeness (QED) is 0.836. The zero-order valence-corrected chi connectivity index (χ0v) is 13.4. The van der Waals surface area contributed by atoms with E-state index in [1.807, 2.05) is 0 Å². The Morgan fingerprint density at radius 2 is 2.10 bits per heavy atom. The summed E-state index contributed by atoms with van der Waals surface area (Å²) in [5.41, 5.74) is 3.20. The normalized spacial score (nSPS) is 20.9. The topological polar surface area (TPSA) is 15.3 Å². The molecule has 1 aliphatic rings. The van der Waals surface area contributed by atoms with E-state index < -0.39 is 0 Å². The molecule has 0 radical (unpaired) electrons. The van der Waals surface area contributed by atoms with Gasteiger partial charge in [-0.3, -0.25) is 0 Å². The number of rotatable bonds is 4. The van der Waals surface area contributed by atoms with Crippen LogP contribution < -0.4 is 10.2 Å². The molecular formula is C17H27FN2. The lowest BCUT2D eigenvalue weighted by molar-refractivity contribution is 0.393. The Kier molecular flexibility index (Phi) is 4.38. The van der Waals surface area contributed by atoms with E-state index >= 15 is 0 Å². The molecule has 2 rings (SSSR count). The maximum absolute atomic E-state index is 14.3. The molecule has 0 unspecified atom stereocenters. The number of halogens is 1. The molecule has 0 spiro atoms. The summed E-state index contributed by atoms with van der Waals surface area (Å²) < 4.78 is 14.3. The predicted molar refractivity (Wildman–Crippen MR) is 83.9 cm³/mol. The van der Waals surface area contributed by atoms with Gasteiger partial charge in [0.2, 0.25) is 0 Å². The molecule has 1 aromatic carbocycles. The fourth-order valence-corrected chi connectivity index (χ4v) is 3.17.